The lowest BCUT2D eigenvalue weighted by atomic mass is 9.71. The smallest absolute Gasteiger partial charge is 0.0675 e. The summed E-state index contributed by atoms with van der Waals surface area (Å²) in [6.45, 7) is 15.8. The molecule has 18 heavy (non-hydrogen) atoms. The normalized spacial score (nSPS) is 29.5. The van der Waals surface area contributed by atoms with E-state index in [2.05, 4.69) is 46.9 Å². The molecule has 1 rings (SSSR count). The summed E-state index contributed by atoms with van der Waals surface area (Å²) in [5.41, 5.74) is 0.452. The maximum atomic E-state index is 6.22. The van der Waals surface area contributed by atoms with Gasteiger partial charge < -0.3 is 10.1 Å². The SMILES string of the molecule is CC(C)CNCC(C)OC1CC(C)CC(C)(C)C1. The van der Waals surface area contributed by atoms with Crippen molar-refractivity contribution in [1.29, 1.82) is 0 Å². The van der Waals surface area contributed by atoms with Crippen LogP contribution in [0.25, 0.3) is 0 Å². The van der Waals surface area contributed by atoms with Crippen molar-refractivity contribution in [2.24, 2.45) is 17.3 Å². The molecule has 0 aromatic rings. The Bertz CT molecular complexity index is 237. The lowest BCUT2D eigenvalue weighted by Gasteiger charge is -2.39. The van der Waals surface area contributed by atoms with Gasteiger partial charge in [-0.2, -0.15) is 0 Å². The third-order valence-electron chi connectivity index (χ3n) is 3.76. The molecule has 1 aliphatic carbocycles. The molecular formula is C16H33NO. The van der Waals surface area contributed by atoms with Crippen molar-refractivity contribution in [1.82, 2.24) is 5.32 Å². The largest absolute Gasteiger partial charge is 0.374 e. The highest BCUT2D eigenvalue weighted by molar-refractivity contribution is 4.84. The van der Waals surface area contributed by atoms with Gasteiger partial charge in [0.2, 0.25) is 0 Å². The van der Waals surface area contributed by atoms with E-state index in [0.717, 1.165) is 19.0 Å². The minimum atomic E-state index is 0.329. The average Bonchev–Trinajstić information content (AvgIpc) is 2.12. The summed E-state index contributed by atoms with van der Waals surface area (Å²) in [5.74, 6) is 1.51. The second-order valence-electron chi connectivity index (χ2n) is 7.53. The van der Waals surface area contributed by atoms with Crippen molar-refractivity contribution in [3.8, 4) is 0 Å². The Morgan fingerprint density at radius 2 is 1.83 bits per heavy atom. The molecule has 3 unspecified atom stereocenters. The third-order valence-corrected chi connectivity index (χ3v) is 3.76. The zero-order valence-corrected chi connectivity index (χ0v) is 13.3. The summed E-state index contributed by atoms with van der Waals surface area (Å²) >= 11 is 0. The number of nitrogens with one attached hydrogen (secondary N) is 1. The summed E-state index contributed by atoms with van der Waals surface area (Å²) in [4.78, 5) is 0. The Balaban J connectivity index is 2.28. The van der Waals surface area contributed by atoms with Crippen LogP contribution in [0.5, 0.6) is 0 Å². The molecule has 0 radical (unpaired) electrons. The van der Waals surface area contributed by atoms with Gasteiger partial charge in [0.05, 0.1) is 12.2 Å². The molecule has 0 aromatic heterocycles. The quantitative estimate of drug-likeness (QED) is 0.778. The molecule has 2 heteroatoms. The third kappa shape index (κ3) is 6.19. The van der Waals surface area contributed by atoms with Gasteiger partial charge in [0.25, 0.3) is 0 Å². The number of ether oxygens (including phenoxy) is 1. The van der Waals surface area contributed by atoms with Crippen LogP contribution in [0.3, 0.4) is 0 Å². The molecule has 1 aliphatic rings. The fraction of sp³-hybridized carbons (Fsp3) is 1.00. The molecule has 2 nitrogen and oxygen atoms in total. The van der Waals surface area contributed by atoms with Gasteiger partial charge in [-0.1, -0.05) is 34.6 Å². The first-order chi connectivity index (χ1) is 8.28. The van der Waals surface area contributed by atoms with E-state index < -0.39 is 0 Å². The molecular weight excluding hydrogens is 222 g/mol. The summed E-state index contributed by atoms with van der Waals surface area (Å²) in [5, 5.41) is 3.48. The monoisotopic (exact) mass is 255 g/mol. The molecule has 0 bridgehead atoms. The average molecular weight is 255 g/mol. The Morgan fingerprint density at radius 3 is 2.39 bits per heavy atom. The molecule has 1 N–H and O–H groups in total. The minimum absolute atomic E-state index is 0.329. The zero-order chi connectivity index (χ0) is 13.8. The molecule has 3 atom stereocenters. The fourth-order valence-electron chi connectivity index (χ4n) is 3.31. The van der Waals surface area contributed by atoms with Crippen LogP contribution in [0.2, 0.25) is 0 Å². The fourth-order valence-corrected chi connectivity index (χ4v) is 3.31. The van der Waals surface area contributed by atoms with Crippen LogP contribution in [0.15, 0.2) is 0 Å². The predicted molar refractivity (Wildman–Crippen MR) is 78.8 cm³/mol. The van der Waals surface area contributed by atoms with E-state index >= 15 is 0 Å². The molecule has 0 spiro atoms. The highest BCUT2D eigenvalue weighted by Gasteiger charge is 2.33. The Labute approximate surface area is 114 Å². The van der Waals surface area contributed by atoms with Crippen molar-refractivity contribution in [3.63, 3.8) is 0 Å². The Hall–Kier alpha value is -0.0800. The first-order valence-electron chi connectivity index (χ1n) is 7.64. The standard InChI is InChI=1S/C16H33NO/c1-12(2)10-17-11-14(4)18-15-7-13(3)8-16(5,6)9-15/h12-15,17H,7-11H2,1-6H3. The van der Waals surface area contributed by atoms with Crippen LogP contribution >= 0.6 is 0 Å². The van der Waals surface area contributed by atoms with Crippen LogP contribution in [0.1, 0.15) is 60.8 Å². The molecule has 1 saturated carbocycles. The zero-order valence-electron chi connectivity index (χ0n) is 13.3. The Morgan fingerprint density at radius 1 is 1.17 bits per heavy atom. The second kappa shape index (κ2) is 6.91. The highest BCUT2D eigenvalue weighted by atomic mass is 16.5. The van der Waals surface area contributed by atoms with Crippen molar-refractivity contribution >= 4 is 0 Å². The highest BCUT2D eigenvalue weighted by Crippen LogP contribution is 2.39. The Kier molecular flexibility index (Phi) is 6.13. The molecule has 0 saturated heterocycles. The first-order valence-corrected chi connectivity index (χ1v) is 7.64. The van der Waals surface area contributed by atoms with Crippen LogP contribution in [-0.2, 0) is 4.74 Å². The summed E-state index contributed by atoms with van der Waals surface area (Å²) in [7, 11) is 0. The van der Waals surface area contributed by atoms with E-state index in [4.69, 9.17) is 4.74 Å². The molecule has 108 valence electrons. The number of hydrogen-bond donors (Lipinski definition) is 1. The lowest BCUT2D eigenvalue weighted by Crippen LogP contribution is -2.37. The topological polar surface area (TPSA) is 21.3 Å². The van der Waals surface area contributed by atoms with Gasteiger partial charge in [-0.3, -0.25) is 0 Å². The van der Waals surface area contributed by atoms with Gasteiger partial charge in [-0.05, 0) is 50.0 Å². The van der Waals surface area contributed by atoms with E-state index in [0.29, 0.717) is 23.5 Å². The van der Waals surface area contributed by atoms with Gasteiger partial charge in [-0.15, -0.1) is 0 Å². The van der Waals surface area contributed by atoms with Crippen molar-refractivity contribution in [2.75, 3.05) is 13.1 Å². The second-order valence-corrected chi connectivity index (χ2v) is 7.53. The van der Waals surface area contributed by atoms with Crippen LogP contribution in [-0.4, -0.2) is 25.3 Å². The predicted octanol–water partition coefficient (Wildman–Crippen LogP) is 3.85. The van der Waals surface area contributed by atoms with Gasteiger partial charge in [-0.25, -0.2) is 0 Å². The van der Waals surface area contributed by atoms with Gasteiger partial charge in [0.15, 0.2) is 0 Å². The maximum absolute atomic E-state index is 6.22. The van der Waals surface area contributed by atoms with Crippen molar-refractivity contribution in [3.05, 3.63) is 0 Å². The van der Waals surface area contributed by atoms with Gasteiger partial charge >= 0.3 is 0 Å². The van der Waals surface area contributed by atoms with E-state index in [1.807, 2.05) is 0 Å². The minimum Gasteiger partial charge on any atom is -0.374 e. The molecule has 0 aromatic carbocycles. The molecule has 1 fully saturated rings. The molecule has 0 amide bonds. The van der Waals surface area contributed by atoms with Crippen LogP contribution < -0.4 is 5.32 Å². The molecule has 0 heterocycles. The van der Waals surface area contributed by atoms with Crippen molar-refractivity contribution < 1.29 is 4.74 Å². The molecule has 0 aliphatic heterocycles. The summed E-state index contributed by atoms with van der Waals surface area (Å²) < 4.78 is 6.22. The number of rotatable bonds is 6. The number of hydrogen-bond acceptors (Lipinski definition) is 2. The van der Waals surface area contributed by atoms with E-state index in [1.54, 1.807) is 0 Å². The summed E-state index contributed by atoms with van der Waals surface area (Å²) in [6.07, 6.45) is 4.57. The van der Waals surface area contributed by atoms with Crippen LogP contribution in [0, 0.1) is 17.3 Å². The first kappa shape index (κ1) is 16.0. The van der Waals surface area contributed by atoms with Gasteiger partial charge in [0, 0.05) is 6.54 Å². The van der Waals surface area contributed by atoms with E-state index in [1.165, 1.54) is 19.3 Å². The van der Waals surface area contributed by atoms with Gasteiger partial charge in [0.1, 0.15) is 0 Å². The van der Waals surface area contributed by atoms with E-state index in [-0.39, 0.29) is 0 Å². The summed E-state index contributed by atoms with van der Waals surface area (Å²) in [6, 6.07) is 0. The van der Waals surface area contributed by atoms with Crippen molar-refractivity contribution in [2.45, 2.75) is 73.0 Å². The van der Waals surface area contributed by atoms with Crippen LogP contribution in [0.4, 0.5) is 0 Å². The van der Waals surface area contributed by atoms with E-state index in [9.17, 15) is 0 Å². The lowest BCUT2D eigenvalue weighted by molar-refractivity contribution is -0.0576. The maximum Gasteiger partial charge on any atom is 0.0675 e.